The van der Waals surface area contributed by atoms with Crippen LogP contribution in [0.15, 0.2) is 11.6 Å². The Morgan fingerprint density at radius 3 is 2.86 bits per heavy atom. The van der Waals surface area contributed by atoms with Crippen molar-refractivity contribution >= 4 is 23.3 Å². The van der Waals surface area contributed by atoms with Gasteiger partial charge in [-0.25, -0.2) is 9.06 Å². The highest BCUT2D eigenvalue weighted by molar-refractivity contribution is 7.03. The molecule has 6 heteroatoms. The molecule has 0 bridgehead atoms. The Hall–Kier alpha value is -1.69. The van der Waals surface area contributed by atoms with E-state index in [0.717, 1.165) is 29.9 Å². The van der Waals surface area contributed by atoms with Gasteiger partial charge in [0, 0.05) is 29.5 Å². The first-order valence-corrected chi connectivity index (χ1v) is 8.86. The first kappa shape index (κ1) is 13.9. The zero-order chi connectivity index (χ0) is 15.1. The number of anilines is 1. The molecule has 1 N–H and O–H groups in total. The first-order chi connectivity index (χ1) is 10.7. The molecule has 1 aliphatic carbocycles. The van der Waals surface area contributed by atoms with E-state index < -0.39 is 0 Å². The van der Waals surface area contributed by atoms with Crippen LogP contribution in [0.3, 0.4) is 0 Å². The fraction of sp³-hybridized carbons (Fsp3) is 0.562. The van der Waals surface area contributed by atoms with Gasteiger partial charge in [-0.15, -0.1) is 0 Å². The molecule has 0 aromatic carbocycles. The molecule has 1 fully saturated rings. The third-order valence-corrected chi connectivity index (χ3v) is 5.51. The minimum atomic E-state index is 0.0839. The van der Waals surface area contributed by atoms with E-state index in [1.807, 2.05) is 11.6 Å². The monoisotopic (exact) mass is 316 g/mol. The Balaban J connectivity index is 1.79. The molecule has 0 spiro atoms. The fourth-order valence-electron chi connectivity index (χ4n) is 3.83. The van der Waals surface area contributed by atoms with Gasteiger partial charge in [0.2, 0.25) is 5.91 Å². The van der Waals surface area contributed by atoms with E-state index in [1.54, 1.807) is 0 Å². The molecular weight excluding hydrogens is 296 g/mol. The van der Waals surface area contributed by atoms with Crippen molar-refractivity contribution < 1.29 is 4.79 Å². The Morgan fingerprint density at radius 2 is 2.14 bits per heavy atom. The van der Waals surface area contributed by atoms with Crippen LogP contribution in [-0.4, -0.2) is 20.1 Å². The van der Waals surface area contributed by atoms with Crippen molar-refractivity contribution in [3.8, 4) is 0 Å². The second-order valence-electron chi connectivity index (χ2n) is 6.35. The second kappa shape index (κ2) is 5.50. The van der Waals surface area contributed by atoms with Gasteiger partial charge in [0.15, 0.2) is 0 Å². The Labute approximate surface area is 133 Å². The number of rotatable bonds is 2. The van der Waals surface area contributed by atoms with Gasteiger partial charge in [0.25, 0.3) is 0 Å². The molecule has 0 radical (unpaired) electrons. The number of carbonyl (C=O) groups excluding carboxylic acids is 1. The Kier molecular flexibility index (Phi) is 3.48. The van der Waals surface area contributed by atoms with Crippen molar-refractivity contribution in [1.29, 1.82) is 0 Å². The van der Waals surface area contributed by atoms with Gasteiger partial charge in [-0.1, -0.05) is 19.3 Å². The van der Waals surface area contributed by atoms with E-state index in [4.69, 9.17) is 5.10 Å². The summed E-state index contributed by atoms with van der Waals surface area (Å²) in [7, 11) is 0. The normalized spacial score (nSPS) is 22.4. The molecule has 1 saturated carbocycles. The van der Waals surface area contributed by atoms with Crippen LogP contribution in [0.1, 0.15) is 67.3 Å². The molecule has 1 unspecified atom stereocenters. The van der Waals surface area contributed by atoms with Crippen LogP contribution in [0, 0.1) is 6.92 Å². The topological polar surface area (TPSA) is 59.8 Å². The summed E-state index contributed by atoms with van der Waals surface area (Å²) in [5.41, 5.74) is 3.36. The zero-order valence-corrected chi connectivity index (χ0v) is 13.5. The number of fused-ring (bicyclic) bond motifs is 1. The van der Waals surface area contributed by atoms with E-state index in [2.05, 4.69) is 21.3 Å². The van der Waals surface area contributed by atoms with E-state index in [1.165, 1.54) is 36.4 Å². The van der Waals surface area contributed by atoms with Crippen LogP contribution < -0.4 is 5.32 Å². The maximum absolute atomic E-state index is 12.2. The number of aromatic nitrogens is 3. The first-order valence-electron chi connectivity index (χ1n) is 8.02. The molecule has 4 rings (SSSR count). The molecule has 2 aromatic heterocycles. The SMILES string of the molecule is Cc1nn(C2CCCCC2)c2c1C(c1cnsc1)CC(=O)N2. The van der Waals surface area contributed by atoms with Gasteiger partial charge < -0.3 is 5.32 Å². The molecule has 1 atom stereocenters. The van der Waals surface area contributed by atoms with E-state index >= 15 is 0 Å². The van der Waals surface area contributed by atoms with Crippen molar-refractivity contribution in [2.24, 2.45) is 0 Å². The number of hydrogen-bond acceptors (Lipinski definition) is 4. The standard InChI is InChI=1S/C16H20N4OS/c1-10-15-13(11-8-17-22-9-11)7-14(21)18-16(15)20(19-10)12-5-3-2-4-6-12/h8-9,12-13H,2-7H2,1H3,(H,18,21). The highest BCUT2D eigenvalue weighted by Crippen LogP contribution is 2.42. The minimum Gasteiger partial charge on any atom is -0.311 e. The zero-order valence-electron chi connectivity index (χ0n) is 12.7. The lowest BCUT2D eigenvalue weighted by atomic mass is 9.87. The summed E-state index contributed by atoms with van der Waals surface area (Å²) in [5, 5.41) is 9.92. The van der Waals surface area contributed by atoms with E-state index in [-0.39, 0.29) is 11.8 Å². The van der Waals surface area contributed by atoms with Gasteiger partial charge in [0.05, 0.1) is 11.7 Å². The quantitative estimate of drug-likeness (QED) is 0.920. The van der Waals surface area contributed by atoms with Gasteiger partial charge in [-0.2, -0.15) is 5.10 Å². The van der Waals surface area contributed by atoms with Crippen LogP contribution in [0.25, 0.3) is 0 Å². The van der Waals surface area contributed by atoms with Gasteiger partial charge in [-0.3, -0.25) is 4.79 Å². The number of nitrogens with zero attached hydrogens (tertiary/aromatic N) is 3. The largest absolute Gasteiger partial charge is 0.311 e. The second-order valence-corrected chi connectivity index (χ2v) is 7.00. The number of hydrogen-bond donors (Lipinski definition) is 1. The highest BCUT2D eigenvalue weighted by atomic mass is 32.1. The number of amides is 1. The summed E-state index contributed by atoms with van der Waals surface area (Å²) in [5.74, 6) is 1.11. The van der Waals surface area contributed by atoms with Crippen molar-refractivity contribution in [2.75, 3.05) is 5.32 Å². The van der Waals surface area contributed by atoms with Gasteiger partial charge in [0.1, 0.15) is 5.82 Å². The summed E-state index contributed by atoms with van der Waals surface area (Å²) in [6.07, 6.45) is 8.52. The lowest BCUT2D eigenvalue weighted by Gasteiger charge is -2.27. The smallest absolute Gasteiger partial charge is 0.226 e. The molecule has 1 amide bonds. The molecule has 2 aliphatic rings. The van der Waals surface area contributed by atoms with Crippen molar-refractivity contribution in [2.45, 2.75) is 57.4 Å². The fourth-order valence-corrected chi connectivity index (χ4v) is 4.42. The number of carbonyl (C=O) groups is 1. The molecule has 1 aliphatic heterocycles. The average molecular weight is 316 g/mol. The Morgan fingerprint density at radius 1 is 1.32 bits per heavy atom. The number of aryl methyl sites for hydroxylation is 1. The third kappa shape index (κ3) is 2.26. The van der Waals surface area contributed by atoms with Crippen LogP contribution in [-0.2, 0) is 4.79 Å². The van der Waals surface area contributed by atoms with Crippen molar-refractivity contribution in [3.05, 3.63) is 28.4 Å². The average Bonchev–Trinajstić information content (AvgIpc) is 3.16. The highest BCUT2D eigenvalue weighted by Gasteiger charge is 2.34. The lowest BCUT2D eigenvalue weighted by Crippen LogP contribution is -2.26. The molecule has 2 aromatic rings. The van der Waals surface area contributed by atoms with Crippen LogP contribution in [0.4, 0.5) is 5.82 Å². The maximum atomic E-state index is 12.2. The van der Waals surface area contributed by atoms with Gasteiger partial charge in [-0.05, 0) is 36.9 Å². The van der Waals surface area contributed by atoms with Gasteiger partial charge >= 0.3 is 0 Å². The van der Waals surface area contributed by atoms with Crippen molar-refractivity contribution in [3.63, 3.8) is 0 Å². The molecule has 3 heterocycles. The minimum absolute atomic E-state index is 0.0839. The summed E-state index contributed by atoms with van der Waals surface area (Å²) in [6, 6.07) is 0.427. The predicted octanol–water partition coefficient (Wildman–Crippen LogP) is 3.63. The summed E-state index contributed by atoms with van der Waals surface area (Å²) >= 11 is 1.44. The van der Waals surface area contributed by atoms with Crippen molar-refractivity contribution in [1.82, 2.24) is 14.2 Å². The molecule has 5 nitrogen and oxygen atoms in total. The molecule has 22 heavy (non-hydrogen) atoms. The molecule has 0 saturated heterocycles. The van der Waals surface area contributed by atoms with E-state index in [0.29, 0.717) is 12.5 Å². The number of nitrogens with one attached hydrogen (secondary N) is 1. The summed E-state index contributed by atoms with van der Waals surface area (Å²) in [4.78, 5) is 12.2. The van der Waals surface area contributed by atoms with Crippen LogP contribution >= 0.6 is 11.5 Å². The predicted molar refractivity (Wildman–Crippen MR) is 86.3 cm³/mol. The Bertz CT molecular complexity index is 685. The summed E-state index contributed by atoms with van der Waals surface area (Å²) in [6.45, 7) is 2.06. The van der Waals surface area contributed by atoms with Crippen LogP contribution in [0.5, 0.6) is 0 Å². The summed E-state index contributed by atoms with van der Waals surface area (Å²) < 4.78 is 6.30. The maximum Gasteiger partial charge on any atom is 0.226 e. The van der Waals surface area contributed by atoms with E-state index in [9.17, 15) is 4.79 Å². The molecular formula is C16H20N4OS. The third-order valence-electron chi connectivity index (χ3n) is 4.90. The van der Waals surface area contributed by atoms with Crippen LogP contribution in [0.2, 0.25) is 0 Å². The lowest BCUT2D eigenvalue weighted by molar-refractivity contribution is -0.116. The molecule has 116 valence electrons.